The van der Waals surface area contributed by atoms with Gasteiger partial charge in [-0.1, -0.05) is 129 Å². The summed E-state index contributed by atoms with van der Waals surface area (Å²) in [5.41, 5.74) is 8.71. The Hall–Kier alpha value is -4.73. The van der Waals surface area contributed by atoms with Crippen LogP contribution in [0.25, 0.3) is 44.8 Å². The molecule has 1 radical (unpaired) electrons. The van der Waals surface area contributed by atoms with Gasteiger partial charge < -0.3 is 9.97 Å². The van der Waals surface area contributed by atoms with Gasteiger partial charge in [-0.15, -0.1) is 71.3 Å². The van der Waals surface area contributed by atoms with E-state index in [0.717, 1.165) is 39.1 Å². The third-order valence-corrected chi connectivity index (χ3v) is 9.87. The monoisotopic (exact) mass is 817 g/mol. The summed E-state index contributed by atoms with van der Waals surface area (Å²) in [5.74, 6) is 0. The van der Waals surface area contributed by atoms with Crippen molar-refractivity contribution in [1.29, 1.82) is 0 Å². The molecule has 48 heavy (non-hydrogen) atoms. The van der Waals surface area contributed by atoms with Crippen LogP contribution < -0.4 is 5.19 Å². The van der Waals surface area contributed by atoms with Crippen LogP contribution in [0.1, 0.15) is 13.9 Å². The summed E-state index contributed by atoms with van der Waals surface area (Å²) < 4.78 is 18.1. The Morgan fingerprint density at radius 1 is 0.562 bits per heavy atom. The summed E-state index contributed by atoms with van der Waals surface area (Å²) in [6, 6.07) is 55.9. The van der Waals surface area contributed by atoms with Gasteiger partial charge >= 0.3 is 0 Å². The second-order valence-corrected chi connectivity index (χ2v) is 17.4. The topological polar surface area (TPSA) is 25.8 Å². The van der Waals surface area contributed by atoms with Crippen molar-refractivity contribution in [2.45, 2.75) is 26.0 Å². The van der Waals surface area contributed by atoms with Crippen LogP contribution in [-0.4, -0.2) is 18.0 Å². The second-order valence-electron chi connectivity index (χ2n) is 12.3. The molecular weight excluding hydrogens is 777 g/mol. The molecule has 0 atom stereocenters. The van der Waals surface area contributed by atoms with E-state index in [0.29, 0.717) is 16.8 Å². The van der Waals surface area contributed by atoms with E-state index < -0.39 is 14.4 Å². The zero-order valence-corrected chi connectivity index (χ0v) is 30.7. The van der Waals surface area contributed by atoms with Crippen molar-refractivity contribution in [1.82, 2.24) is 9.97 Å². The molecule has 4 heteroatoms. The van der Waals surface area contributed by atoms with Crippen LogP contribution >= 0.6 is 0 Å². The molecule has 2 heterocycles. The van der Waals surface area contributed by atoms with Gasteiger partial charge in [-0.3, -0.25) is 0 Å². The van der Waals surface area contributed by atoms with Gasteiger partial charge in [-0.2, -0.15) is 0 Å². The Balaban J connectivity index is 0.000000241. The van der Waals surface area contributed by atoms with Crippen LogP contribution in [0, 0.1) is 12.1 Å². The quantitative estimate of drug-likeness (QED) is 0.118. The minimum absolute atomic E-state index is 0. The summed E-state index contributed by atoms with van der Waals surface area (Å²) in [5, 5.41) is 1.40. The zero-order valence-electron chi connectivity index (χ0n) is 29.3. The first kappa shape index (κ1) is 31.8. The summed E-state index contributed by atoms with van der Waals surface area (Å²) >= 11 is 0. The molecule has 0 N–H and O–H groups in total. The van der Waals surface area contributed by atoms with Gasteiger partial charge in [0, 0.05) is 40.8 Å². The first-order chi connectivity index (χ1) is 23.7. The molecular formula is C44H38IrN2Si-2. The Morgan fingerprint density at radius 3 is 1.81 bits per heavy atom. The van der Waals surface area contributed by atoms with E-state index in [1.807, 2.05) is 128 Å². The zero-order chi connectivity index (χ0) is 34.3. The van der Waals surface area contributed by atoms with E-state index >= 15 is 0 Å². The van der Waals surface area contributed by atoms with E-state index in [4.69, 9.17) is 7.73 Å². The molecule has 0 saturated heterocycles. The maximum Gasteiger partial charge on any atom is 0.0795 e. The third kappa shape index (κ3) is 8.99. The number of rotatable bonds is 7. The summed E-state index contributed by atoms with van der Waals surface area (Å²) in [7, 11) is -1.23. The molecule has 0 fully saturated rings. The van der Waals surface area contributed by atoms with Crippen LogP contribution in [-0.2, 0) is 26.5 Å². The van der Waals surface area contributed by atoms with Gasteiger partial charge in [0.05, 0.1) is 8.07 Å². The number of benzene rings is 5. The van der Waals surface area contributed by atoms with Crippen molar-refractivity contribution in [3.05, 3.63) is 187 Å². The molecule has 2 nitrogen and oxygen atoms in total. The second kappa shape index (κ2) is 16.4. The van der Waals surface area contributed by atoms with Crippen molar-refractivity contribution in [2.24, 2.45) is 0 Å². The molecule has 0 aliphatic carbocycles. The fourth-order valence-electron chi connectivity index (χ4n) is 5.20. The average molecular weight is 817 g/mol. The van der Waals surface area contributed by atoms with Crippen LogP contribution in [0.5, 0.6) is 0 Å². The fourth-order valence-corrected chi connectivity index (χ4v) is 6.24. The number of aromatic nitrogens is 2. The molecule has 0 aliphatic heterocycles. The normalized spacial score (nSPS) is 11.6. The number of hydrogen-bond donors (Lipinski definition) is 0. The van der Waals surface area contributed by atoms with Crippen LogP contribution in [0.3, 0.4) is 0 Å². The predicted octanol–water partition coefficient (Wildman–Crippen LogP) is 10.6. The van der Waals surface area contributed by atoms with E-state index in [1.165, 1.54) is 5.19 Å². The first-order valence-electron chi connectivity index (χ1n) is 16.8. The van der Waals surface area contributed by atoms with Gasteiger partial charge in [0.2, 0.25) is 0 Å². The smallest absolute Gasteiger partial charge is 0.0795 e. The van der Waals surface area contributed by atoms with Gasteiger partial charge in [0.25, 0.3) is 0 Å². The summed E-state index contributed by atoms with van der Waals surface area (Å²) in [6.45, 7) is 7.00. The van der Waals surface area contributed by atoms with Crippen LogP contribution in [0.4, 0.5) is 0 Å². The molecule has 239 valence electrons. The van der Waals surface area contributed by atoms with E-state index in [-0.39, 0.29) is 20.1 Å². The standard InChI is InChI=1S/C30H22N.C14H16NSi.Ir/c1-4-11-23(12-5-1)19-28-21-30(31-22-29(28)25-15-8-3-9-16-25)27-18-10-17-26(20-27)24-13-6-2-7-14-24;1-16(2,3)13-9-10-14(15-11-13)12-7-5-4-6-8-12;/h1-17,20-22H,19H2;4-7,9-11H,1-3H3;/q2*-1;/i19D2;;. The largest absolute Gasteiger partial charge is 0.305 e. The predicted molar refractivity (Wildman–Crippen MR) is 200 cm³/mol. The van der Waals surface area contributed by atoms with E-state index in [1.54, 1.807) is 6.20 Å². The minimum Gasteiger partial charge on any atom is -0.305 e. The van der Waals surface area contributed by atoms with Crippen molar-refractivity contribution in [2.75, 3.05) is 0 Å². The molecule has 0 amide bonds. The summed E-state index contributed by atoms with van der Waals surface area (Å²) in [4.78, 5) is 9.25. The molecule has 2 aromatic heterocycles. The van der Waals surface area contributed by atoms with Crippen LogP contribution in [0.2, 0.25) is 19.6 Å². The Kier molecular flexibility index (Phi) is 10.9. The molecule has 0 bridgehead atoms. The molecule has 0 aliphatic rings. The van der Waals surface area contributed by atoms with Crippen molar-refractivity contribution in [3.63, 3.8) is 0 Å². The number of pyridine rings is 2. The minimum atomic E-state index is -1.69. The number of nitrogens with zero attached hydrogens (tertiary/aromatic N) is 2. The SMILES string of the molecule is C[Si](C)(C)c1ccc(-c2[c-]cccc2)nc1.[2H]C([2H])(c1ccccc1)c1cc(-c2[c-]ccc(-c3ccccc3)c2)ncc1-c1ccccc1.[Ir]. The first-order valence-corrected chi connectivity index (χ1v) is 19.3. The fraction of sp³-hybridized carbons (Fsp3) is 0.0909. The van der Waals surface area contributed by atoms with E-state index in [9.17, 15) is 0 Å². The molecule has 5 aromatic carbocycles. The maximum atomic E-state index is 9.06. The maximum absolute atomic E-state index is 9.06. The third-order valence-electron chi connectivity index (χ3n) is 7.84. The molecule has 0 saturated carbocycles. The number of hydrogen-bond acceptors (Lipinski definition) is 2. The molecule has 0 unspecified atom stereocenters. The Morgan fingerprint density at radius 2 is 1.19 bits per heavy atom. The van der Waals surface area contributed by atoms with Gasteiger partial charge in [-0.25, -0.2) is 0 Å². The molecule has 7 rings (SSSR count). The van der Waals surface area contributed by atoms with Gasteiger partial charge in [0.15, 0.2) is 0 Å². The van der Waals surface area contributed by atoms with Crippen molar-refractivity contribution in [3.8, 4) is 44.8 Å². The molecule has 7 aromatic rings. The average Bonchev–Trinajstić information content (AvgIpc) is 3.16. The van der Waals surface area contributed by atoms with Crippen molar-refractivity contribution < 1.29 is 22.8 Å². The van der Waals surface area contributed by atoms with Crippen LogP contribution in [0.15, 0.2) is 164 Å². The van der Waals surface area contributed by atoms with Gasteiger partial charge in [-0.05, 0) is 45.2 Å². The Bertz CT molecular complexity index is 2100. The Labute approximate surface area is 302 Å². The van der Waals surface area contributed by atoms with Crippen molar-refractivity contribution >= 4 is 13.3 Å². The molecule has 0 spiro atoms. The van der Waals surface area contributed by atoms with Gasteiger partial charge in [0.1, 0.15) is 0 Å². The van der Waals surface area contributed by atoms with E-state index in [2.05, 4.69) is 67.1 Å². The summed E-state index contributed by atoms with van der Waals surface area (Å²) in [6.07, 6.45) is 2.10.